The fourth-order valence-electron chi connectivity index (χ4n) is 2.81. The summed E-state index contributed by atoms with van der Waals surface area (Å²) < 4.78 is 13.1. The molecule has 0 saturated heterocycles. The van der Waals surface area contributed by atoms with Crippen LogP contribution in [0.5, 0.6) is 0 Å². The molecule has 1 N–H and O–H groups in total. The zero-order valence-corrected chi connectivity index (χ0v) is 15.4. The van der Waals surface area contributed by atoms with E-state index in [0.29, 0.717) is 0 Å². The first-order valence-electron chi connectivity index (χ1n) is 8.71. The van der Waals surface area contributed by atoms with Crippen molar-refractivity contribution >= 4 is 22.8 Å². The maximum Gasteiger partial charge on any atom is 0.166 e. The van der Waals surface area contributed by atoms with Gasteiger partial charge in [-0.05, 0) is 62.7 Å². The van der Waals surface area contributed by atoms with E-state index in [2.05, 4.69) is 28.0 Å². The molecule has 3 rings (SSSR count). The summed E-state index contributed by atoms with van der Waals surface area (Å²) in [6, 6.07) is 15.0. The molecule has 0 atom stereocenters. The molecular weight excluding hydrogens is 333 g/mol. The van der Waals surface area contributed by atoms with Gasteiger partial charge in [0.05, 0.1) is 11.0 Å². The van der Waals surface area contributed by atoms with E-state index in [4.69, 9.17) is 0 Å². The Morgan fingerprint density at radius 2 is 1.96 bits per heavy atom. The van der Waals surface area contributed by atoms with Crippen molar-refractivity contribution in [2.24, 2.45) is 0 Å². The molecule has 3 aromatic rings. The summed E-state index contributed by atoms with van der Waals surface area (Å²) in [5.74, 6) is 0.873. The van der Waals surface area contributed by atoms with Crippen molar-refractivity contribution in [1.82, 2.24) is 14.9 Å². The van der Waals surface area contributed by atoms with Crippen molar-refractivity contribution in [3.05, 3.63) is 59.9 Å². The van der Waals surface area contributed by atoms with Gasteiger partial charge in [-0.25, -0.2) is 9.37 Å². The van der Waals surface area contributed by atoms with E-state index >= 15 is 0 Å². The minimum Gasteiger partial charge on any atom is -0.333 e. The normalized spacial score (nSPS) is 11.5. The fraction of sp³-hybridized carbons (Fsp3) is 0.350. The molecule has 2 aromatic carbocycles. The van der Waals surface area contributed by atoms with Gasteiger partial charge in [-0.1, -0.05) is 36.0 Å². The molecule has 0 unspecified atom stereocenters. The first kappa shape index (κ1) is 18.0. The molecule has 0 aliphatic carbocycles. The fourth-order valence-corrected chi connectivity index (χ4v) is 3.75. The van der Waals surface area contributed by atoms with Crippen molar-refractivity contribution in [3.8, 4) is 0 Å². The van der Waals surface area contributed by atoms with Crippen LogP contribution in [0.25, 0.3) is 11.0 Å². The van der Waals surface area contributed by atoms with Crippen LogP contribution in [0.4, 0.5) is 4.39 Å². The number of aryl methyl sites for hydroxylation is 1. The Labute approximate surface area is 152 Å². The first-order valence-corrected chi connectivity index (χ1v) is 9.70. The van der Waals surface area contributed by atoms with Crippen LogP contribution in [0.15, 0.2) is 53.7 Å². The maximum atomic E-state index is 13.1. The Kier molecular flexibility index (Phi) is 6.48. The van der Waals surface area contributed by atoms with Crippen LogP contribution in [-0.4, -0.2) is 40.8 Å². The minimum atomic E-state index is -0.141. The second kappa shape index (κ2) is 9.02. The number of rotatable bonds is 9. The zero-order chi connectivity index (χ0) is 17.5. The number of thioether (sulfide) groups is 1. The van der Waals surface area contributed by atoms with Gasteiger partial charge in [-0.15, -0.1) is 0 Å². The number of benzene rings is 2. The molecular formula is C20H24FN3S. The predicted octanol–water partition coefficient (Wildman–Crippen LogP) is 4.75. The number of para-hydroxylation sites is 2. The molecule has 0 aliphatic heterocycles. The molecule has 1 heterocycles. The predicted molar refractivity (Wildman–Crippen MR) is 104 cm³/mol. The summed E-state index contributed by atoms with van der Waals surface area (Å²) in [4.78, 5) is 10.3. The number of aromatic nitrogens is 2. The summed E-state index contributed by atoms with van der Waals surface area (Å²) in [7, 11) is 2.15. The van der Waals surface area contributed by atoms with Crippen LogP contribution in [0, 0.1) is 5.82 Å². The Bertz CT molecular complexity index is 769. The molecule has 0 amide bonds. The summed E-state index contributed by atoms with van der Waals surface area (Å²) in [6.07, 6.45) is 3.16. The number of halogens is 1. The number of hydrogen-bond donors (Lipinski definition) is 1. The highest BCUT2D eigenvalue weighted by Crippen LogP contribution is 2.19. The summed E-state index contributed by atoms with van der Waals surface area (Å²) >= 11 is 1.76. The molecule has 1 aromatic heterocycles. The number of H-pyrrole nitrogens is 1. The van der Waals surface area contributed by atoms with Gasteiger partial charge in [-0.3, -0.25) is 0 Å². The molecule has 0 saturated carbocycles. The quantitative estimate of drug-likeness (QED) is 0.443. The van der Waals surface area contributed by atoms with Gasteiger partial charge in [0.25, 0.3) is 0 Å². The van der Waals surface area contributed by atoms with Crippen LogP contribution in [0.1, 0.15) is 18.4 Å². The third kappa shape index (κ3) is 5.58. The Balaban J connectivity index is 1.32. The van der Waals surface area contributed by atoms with Gasteiger partial charge in [0.1, 0.15) is 5.82 Å². The van der Waals surface area contributed by atoms with Crippen molar-refractivity contribution in [1.29, 1.82) is 0 Å². The van der Waals surface area contributed by atoms with Gasteiger partial charge in [0, 0.05) is 12.3 Å². The van der Waals surface area contributed by atoms with Crippen molar-refractivity contribution < 1.29 is 4.39 Å². The lowest BCUT2D eigenvalue weighted by molar-refractivity contribution is 0.346. The number of unbranched alkanes of at least 4 members (excludes halogenated alkanes) is 1. The number of nitrogens with one attached hydrogen (secondary N) is 1. The summed E-state index contributed by atoms with van der Waals surface area (Å²) in [5, 5.41) is 0.987. The van der Waals surface area contributed by atoms with Gasteiger partial charge >= 0.3 is 0 Å². The van der Waals surface area contributed by atoms with E-state index in [0.717, 1.165) is 59.9 Å². The third-order valence-corrected chi connectivity index (χ3v) is 5.08. The molecule has 25 heavy (non-hydrogen) atoms. The zero-order valence-electron chi connectivity index (χ0n) is 14.5. The summed E-state index contributed by atoms with van der Waals surface area (Å²) in [5.41, 5.74) is 3.20. The summed E-state index contributed by atoms with van der Waals surface area (Å²) in [6.45, 7) is 2.09. The topological polar surface area (TPSA) is 31.9 Å². The van der Waals surface area contributed by atoms with Gasteiger partial charge in [0.15, 0.2) is 5.16 Å². The largest absolute Gasteiger partial charge is 0.333 e. The molecule has 5 heteroatoms. The second-order valence-corrected chi connectivity index (χ2v) is 7.38. The molecule has 3 nitrogen and oxygen atoms in total. The van der Waals surface area contributed by atoms with Crippen LogP contribution in [0.3, 0.4) is 0 Å². The van der Waals surface area contributed by atoms with Crippen LogP contribution < -0.4 is 0 Å². The lowest BCUT2D eigenvalue weighted by Gasteiger charge is -2.15. The van der Waals surface area contributed by atoms with E-state index in [9.17, 15) is 4.39 Å². The van der Waals surface area contributed by atoms with E-state index in [1.54, 1.807) is 23.9 Å². The lowest BCUT2D eigenvalue weighted by Crippen LogP contribution is -2.22. The average molecular weight is 357 g/mol. The molecule has 0 spiro atoms. The number of imidazole rings is 1. The number of hydrogen-bond acceptors (Lipinski definition) is 3. The Hall–Kier alpha value is -1.85. The smallest absolute Gasteiger partial charge is 0.166 e. The van der Waals surface area contributed by atoms with Gasteiger partial charge in [0.2, 0.25) is 0 Å². The number of fused-ring (bicyclic) bond motifs is 1. The standard InChI is InChI=1S/C20H24FN3S/c1-24(12-5-4-7-16-8-6-9-17(21)15-16)13-14-25-20-22-18-10-2-3-11-19(18)23-20/h2-3,6,8-11,15H,4-5,7,12-14H2,1H3,(H,22,23). The lowest BCUT2D eigenvalue weighted by atomic mass is 10.1. The molecule has 132 valence electrons. The second-order valence-electron chi connectivity index (χ2n) is 6.30. The van der Waals surface area contributed by atoms with Gasteiger partial charge < -0.3 is 9.88 Å². The molecule has 0 aliphatic rings. The minimum absolute atomic E-state index is 0.141. The maximum absolute atomic E-state index is 13.1. The first-order chi connectivity index (χ1) is 12.2. The highest BCUT2D eigenvalue weighted by atomic mass is 32.2. The SMILES string of the molecule is CN(CCCCc1cccc(F)c1)CCSc1nc2ccccc2[nH]1. The monoisotopic (exact) mass is 357 g/mol. The van der Waals surface area contributed by atoms with E-state index < -0.39 is 0 Å². The van der Waals surface area contributed by atoms with Crippen molar-refractivity contribution in [2.45, 2.75) is 24.4 Å². The van der Waals surface area contributed by atoms with Crippen molar-refractivity contribution in [2.75, 3.05) is 25.9 Å². The average Bonchev–Trinajstić information content (AvgIpc) is 3.01. The highest BCUT2D eigenvalue weighted by Gasteiger charge is 2.04. The van der Waals surface area contributed by atoms with Crippen molar-refractivity contribution in [3.63, 3.8) is 0 Å². The molecule has 0 fully saturated rings. The van der Waals surface area contributed by atoms with E-state index in [1.807, 2.05) is 24.3 Å². The van der Waals surface area contributed by atoms with Crippen LogP contribution in [0.2, 0.25) is 0 Å². The Morgan fingerprint density at radius 1 is 1.08 bits per heavy atom. The van der Waals surface area contributed by atoms with E-state index in [-0.39, 0.29) is 5.82 Å². The van der Waals surface area contributed by atoms with Crippen LogP contribution >= 0.6 is 11.8 Å². The molecule has 0 bridgehead atoms. The Morgan fingerprint density at radius 3 is 2.80 bits per heavy atom. The van der Waals surface area contributed by atoms with E-state index in [1.165, 1.54) is 6.07 Å². The highest BCUT2D eigenvalue weighted by molar-refractivity contribution is 7.99. The third-order valence-electron chi connectivity index (χ3n) is 4.22. The number of aromatic amines is 1. The number of nitrogens with zero attached hydrogens (tertiary/aromatic N) is 2. The van der Waals surface area contributed by atoms with Gasteiger partial charge in [-0.2, -0.15) is 0 Å². The van der Waals surface area contributed by atoms with Crippen LogP contribution in [-0.2, 0) is 6.42 Å². The molecule has 0 radical (unpaired) electrons.